The van der Waals surface area contributed by atoms with Crippen molar-refractivity contribution in [1.82, 2.24) is 4.90 Å². The molecule has 122 valence electrons. The minimum atomic E-state index is -0.359. The molecule has 0 spiro atoms. The third kappa shape index (κ3) is 4.94. The van der Waals surface area contributed by atoms with E-state index in [1.165, 1.54) is 0 Å². The molecule has 2 aliphatic rings. The molecule has 2 rings (SSSR count). The number of nitrogens with zero attached hydrogens (tertiary/aromatic N) is 1. The molecule has 1 unspecified atom stereocenters. The van der Waals surface area contributed by atoms with Gasteiger partial charge in [0.15, 0.2) is 0 Å². The largest absolute Gasteiger partial charge is 0.381 e. The second-order valence-corrected chi connectivity index (χ2v) is 6.73. The summed E-state index contributed by atoms with van der Waals surface area (Å²) in [6, 6.07) is -0.359. The van der Waals surface area contributed by atoms with E-state index in [0.29, 0.717) is 12.0 Å². The van der Waals surface area contributed by atoms with Crippen LogP contribution in [0.4, 0.5) is 0 Å². The monoisotopic (exact) mass is 298 g/mol. The number of hydrogen-bond acceptors (Lipinski definition) is 4. The Bertz CT molecular complexity index is 321. The summed E-state index contributed by atoms with van der Waals surface area (Å²) in [7, 11) is 0. The first-order valence-electron chi connectivity index (χ1n) is 8.31. The van der Waals surface area contributed by atoms with Crippen molar-refractivity contribution in [2.75, 3.05) is 32.9 Å². The number of carbonyl (C=O) groups excluding carboxylic acids is 1. The normalized spacial score (nSPS) is 23.5. The van der Waals surface area contributed by atoms with E-state index >= 15 is 0 Å². The Morgan fingerprint density at radius 3 is 2.43 bits per heavy atom. The van der Waals surface area contributed by atoms with E-state index in [-0.39, 0.29) is 17.9 Å². The second kappa shape index (κ2) is 8.11. The van der Waals surface area contributed by atoms with Crippen molar-refractivity contribution in [2.24, 2.45) is 17.6 Å². The molecular weight excluding hydrogens is 268 g/mol. The average Bonchev–Trinajstić information content (AvgIpc) is 2.53. The van der Waals surface area contributed by atoms with Crippen molar-refractivity contribution in [1.29, 1.82) is 0 Å². The van der Waals surface area contributed by atoms with Gasteiger partial charge in [0.25, 0.3) is 0 Å². The first kappa shape index (κ1) is 16.7. The van der Waals surface area contributed by atoms with Crippen molar-refractivity contribution in [3.63, 3.8) is 0 Å². The zero-order valence-electron chi connectivity index (χ0n) is 13.4. The number of nitrogens with two attached hydrogens (primary N) is 1. The SMILES string of the molecule is CC(C)COC1CCN(C(=O)C(N)C2CCOCC2)CC1. The van der Waals surface area contributed by atoms with Crippen LogP contribution in [-0.2, 0) is 14.3 Å². The Labute approximate surface area is 128 Å². The van der Waals surface area contributed by atoms with Gasteiger partial charge in [-0.2, -0.15) is 0 Å². The van der Waals surface area contributed by atoms with Gasteiger partial charge in [-0.3, -0.25) is 4.79 Å². The molecule has 5 heteroatoms. The van der Waals surface area contributed by atoms with Crippen LogP contribution in [-0.4, -0.2) is 55.9 Å². The molecule has 1 amide bonds. The number of piperidine rings is 1. The molecule has 2 heterocycles. The summed E-state index contributed by atoms with van der Waals surface area (Å²) in [5, 5.41) is 0. The maximum absolute atomic E-state index is 12.5. The zero-order chi connectivity index (χ0) is 15.2. The molecule has 2 aliphatic heterocycles. The van der Waals surface area contributed by atoms with E-state index in [2.05, 4.69) is 13.8 Å². The van der Waals surface area contributed by atoms with Crippen molar-refractivity contribution in [3.05, 3.63) is 0 Å². The maximum Gasteiger partial charge on any atom is 0.239 e. The predicted molar refractivity (Wildman–Crippen MR) is 81.9 cm³/mol. The molecular formula is C16H30N2O3. The van der Waals surface area contributed by atoms with E-state index in [1.807, 2.05) is 4.90 Å². The summed E-state index contributed by atoms with van der Waals surface area (Å²) in [5.74, 6) is 0.956. The third-order valence-corrected chi connectivity index (χ3v) is 4.48. The van der Waals surface area contributed by atoms with Crippen LogP contribution >= 0.6 is 0 Å². The summed E-state index contributed by atoms with van der Waals surface area (Å²) >= 11 is 0. The van der Waals surface area contributed by atoms with Crippen LogP contribution in [0.5, 0.6) is 0 Å². The van der Waals surface area contributed by atoms with Gasteiger partial charge in [-0.25, -0.2) is 0 Å². The molecule has 21 heavy (non-hydrogen) atoms. The standard InChI is InChI=1S/C16H30N2O3/c1-12(2)11-21-14-3-7-18(8-4-14)16(19)15(17)13-5-9-20-10-6-13/h12-15H,3-11,17H2,1-2H3. The smallest absolute Gasteiger partial charge is 0.239 e. The zero-order valence-corrected chi connectivity index (χ0v) is 13.4. The lowest BCUT2D eigenvalue weighted by Crippen LogP contribution is -2.51. The number of ether oxygens (including phenoxy) is 2. The summed E-state index contributed by atoms with van der Waals surface area (Å²) < 4.78 is 11.2. The lowest BCUT2D eigenvalue weighted by Gasteiger charge is -2.36. The van der Waals surface area contributed by atoms with Crippen LogP contribution in [0.1, 0.15) is 39.5 Å². The first-order chi connectivity index (χ1) is 10.1. The quantitative estimate of drug-likeness (QED) is 0.833. The van der Waals surface area contributed by atoms with Gasteiger partial charge in [0, 0.05) is 32.9 Å². The van der Waals surface area contributed by atoms with Crippen LogP contribution in [0.15, 0.2) is 0 Å². The fraction of sp³-hybridized carbons (Fsp3) is 0.938. The van der Waals surface area contributed by atoms with Crippen LogP contribution in [0.2, 0.25) is 0 Å². The predicted octanol–water partition coefficient (Wildman–Crippen LogP) is 1.40. The highest BCUT2D eigenvalue weighted by molar-refractivity contribution is 5.82. The molecule has 0 saturated carbocycles. The summed E-state index contributed by atoms with van der Waals surface area (Å²) in [6.07, 6.45) is 3.97. The highest BCUT2D eigenvalue weighted by atomic mass is 16.5. The van der Waals surface area contributed by atoms with E-state index in [1.54, 1.807) is 0 Å². The fourth-order valence-electron chi connectivity index (χ4n) is 3.06. The highest BCUT2D eigenvalue weighted by Crippen LogP contribution is 2.21. The van der Waals surface area contributed by atoms with Gasteiger partial charge in [-0.05, 0) is 37.5 Å². The van der Waals surface area contributed by atoms with E-state index in [4.69, 9.17) is 15.2 Å². The molecule has 2 saturated heterocycles. The summed E-state index contributed by atoms with van der Waals surface area (Å²) in [6.45, 7) is 8.14. The number of amides is 1. The minimum absolute atomic E-state index is 0.115. The Balaban J connectivity index is 1.74. The minimum Gasteiger partial charge on any atom is -0.381 e. The third-order valence-electron chi connectivity index (χ3n) is 4.48. The lowest BCUT2D eigenvalue weighted by atomic mass is 9.91. The fourth-order valence-corrected chi connectivity index (χ4v) is 3.06. The average molecular weight is 298 g/mol. The number of rotatable bonds is 5. The highest BCUT2D eigenvalue weighted by Gasteiger charge is 2.32. The Morgan fingerprint density at radius 1 is 1.24 bits per heavy atom. The molecule has 0 aromatic heterocycles. The number of hydrogen-bond donors (Lipinski definition) is 1. The number of likely N-dealkylation sites (tertiary alicyclic amines) is 1. The molecule has 0 aromatic carbocycles. The number of carbonyl (C=O) groups is 1. The second-order valence-electron chi connectivity index (χ2n) is 6.73. The van der Waals surface area contributed by atoms with Crippen LogP contribution in [0.3, 0.4) is 0 Å². The first-order valence-corrected chi connectivity index (χ1v) is 8.31. The van der Waals surface area contributed by atoms with E-state index in [0.717, 1.165) is 58.6 Å². The molecule has 5 nitrogen and oxygen atoms in total. The van der Waals surface area contributed by atoms with Gasteiger partial charge in [-0.15, -0.1) is 0 Å². The van der Waals surface area contributed by atoms with Gasteiger partial charge in [0.05, 0.1) is 12.1 Å². The molecule has 2 fully saturated rings. The van der Waals surface area contributed by atoms with Gasteiger partial charge in [0.1, 0.15) is 0 Å². The van der Waals surface area contributed by atoms with Gasteiger partial charge < -0.3 is 20.1 Å². The molecule has 1 atom stereocenters. The maximum atomic E-state index is 12.5. The Hall–Kier alpha value is -0.650. The summed E-state index contributed by atoms with van der Waals surface area (Å²) in [5.41, 5.74) is 6.18. The lowest BCUT2D eigenvalue weighted by molar-refractivity contribution is -0.137. The Morgan fingerprint density at radius 2 is 1.86 bits per heavy atom. The topological polar surface area (TPSA) is 64.8 Å². The summed E-state index contributed by atoms with van der Waals surface area (Å²) in [4.78, 5) is 14.4. The van der Waals surface area contributed by atoms with Crippen molar-refractivity contribution in [3.8, 4) is 0 Å². The van der Waals surface area contributed by atoms with Crippen LogP contribution < -0.4 is 5.73 Å². The molecule has 0 aromatic rings. The van der Waals surface area contributed by atoms with Gasteiger partial charge >= 0.3 is 0 Å². The van der Waals surface area contributed by atoms with Crippen LogP contribution in [0.25, 0.3) is 0 Å². The van der Waals surface area contributed by atoms with Crippen molar-refractivity contribution >= 4 is 5.91 Å². The van der Waals surface area contributed by atoms with E-state index in [9.17, 15) is 4.79 Å². The van der Waals surface area contributed by atoms with Crippen LogP contribution in [0, 0.1) is 11.8 Å². The molecule has 0 aliphatic carbocycles. The Kier molecular flexibility index (Phi) is 6.45. The molecule has 0 bridgehead atoms. The van der Waals surface area contributed by atoms with Gasteiger partial charge in [0.2, 0.25) is 5.91 Å². The van der Waals surface area contributed by atoms with Crippen molar-refractivity contribution < 1.29 is 14.3 Å². The van der Waals surface area contributed by atoms with Gasteiger partial charge in [-0.1, -0.05) is 13.8 Å². The van der Waals surface area contributed by atoms with Crippen molar-refractivity contribution in [2.45, 2.75) is 51.7 Å². The molecule has 0 radical (unpaired) electrons. The van der Waals surface area contributed by atoms with E-state index < -0.39 is 0 Å². The molecule has 2 N–H and O–H groups in total.